The number of hydrogen-bond donors (Lipinski definition) is 2. The van der Waals surface area contributed by atoms with Gasteiger partial charge in [0.1, 0.15) is 0 Å². The molecule has 0 aliphatic carbocycles. The molecule has 0 radical (unpaired) electrons. The van der Waals surface area contributed by atoms with Crippen molar-refractivity contribution in [2.45, 2.75) is 32.4 Å². The molecule has 6 heteroatoms. The van der Waals surface area contributed by atoms with E-state index >= 15 is 0 Å². The first-order chi connectivity index (χ1) is 9.39. The summed E-state index contributed by atoms with van der Waals surface area (Å²) in [6.07, 6.45) is 2.03. The highest BCUT2D eigenvalue weighted by molar-refractivity contribution is 7.88. The molecule has 4 nitrogen and oxygen atoms in total. The standard InChI is InChI=1S/C15H24N2O2S.ClH/c1-13-4-3-5-14(10-13)11-20(18,19)17-12-15(2)6-8-16-9-7-15;/h3-5,10,16-17H,6-9,11-12H2,1-2H3;1H. The molecule has 1 saturated heterocycles. The summed E-state index contributed by atoms with van der Waals surface area (Å²) in [6.45, 7) is 6.59. The molecule has 1 aliphatic rings. The highest BCUT2D eigenvalue weighted by Crippen LogP contribution is 2.27. The third-order valence-corrected chi connectivity index (χ3v) is 5.27. The maximum absolute atomic E-state index is 12.2. The summed E-state index contributed by atoms with van der Waals surface area (Å²) < 4.78 is 27.1. The minimum Gasteiger partial charge on any atom is -0.317 e. The van der Waals surface area contributed by atoms with Crippen LogP contribution in [0.15, 0.2) is 24.3 Å². The molecular weight excluding hydrogens is 308 g/mol. The number of piperidine rings is 1. The van der Waals surface area contributed by atoms with Crippen molar-refractivity contribution in [3.63, 3.8) is 0 Å². The lowest BCUT2D eigenvalue weighted by atomic mass is 9.81. The molecule has 2 rings (SSSR count). The van der Waals surface area contributed by atoms with Crippen molar-refractivity contribution in [3.05, 3.63) is 35.4 Å². The molecule has 0 saturated carbocycles. The summed E-state index contributed by atoms with van der Waals surface area (Å²) >= 11 is 0. The second-order valence-corrected chi connectivity index (χ2v) is 7.94. The first-order valence-corrected chi connectivity index (χ1v) is 8.77. The molecule has 1 aromatic rings. The molecule has 0 bridgehead atoms. The van der Waals surface area contributed by atoms with Crippen molar-refractivity contribution in [1.29, 1.82) is 0 Å². The van der Waals surface area contributed by atoms with Gasteiger partial charge < -0.3 is 5.32 Å². The van der Waals surface area contributed by atoms with Crippen molar-refractivity contribution < 1.29 is 8.42 Å². The van der Waals surface area contributed by atoms with Crippen LogP contribution in [0, 0.1) is 12.3 Å². The van der Waals surface area contributed by atoms with Crippen LogP contribution in [0.5, 0.6) is 0 Å². The Morgan fingerprint density at radius 3 is 2.57 bits per heavy atom. The van der Waals surface area contributed by atoms with Crippen LogP contribution in [0.4, 0.5) is 0 Å². The van der Waals surface area contributed by atoms with Crippen LogP contribution in [-0.2, 0) is 15.8 Å². The van der Waals surface area contributed by atoms with Gasteiger partial charge in [0.15, 0.2) is 0 Å². The van der Waals surface area contributed by atoms with Gasteiger partial charge in [-0.1, -0.05) is 36.8 Å². The van der Waals surface area contributed by atoms with E-state index in [-0.39, 0.29) is 23.6 Å². The largest absolute Gasteiger partial charge is 0.317 e. The molecular formula is C15H25ClN2O2S. The fourth-order valence-corrected chi connectivity index (χ4v) is 3.85. The highest BCUT2D eigenvalue weighted by atomic mass is 35.5. The zero-order chi connectivity index (χ0) is 14.6. The molecule has 1 aromatic carbocycles. The van der Waals surface area contributed by atoms with Gasteiger partial charge in [0, 0.05) is 6.54 Å². The maximum atomic E-state index is 12.2. The Labute approximate surface area is 134 Å². The maximum Gasteiger partial charge on any atom is 0.215 e. The summed E-state index contributed by atoms with van der Waals surface area (Å²) in [5.74, 6) is 0.0585. The predicted molar refractivity (Wildman–Crippen MR) is 89.3 cm³/mol. The van der Waals surface area contributed by atoms with Crippen LogP contribution >= 0.6 is 12.4 Å². The first-order valence-electron chi connectivity index (χ1n) is 7.12. The zero-order valence-corrected chi connectivity index (χ0v) is 14.3. The highest BCUT2D eigenvalue weighted by Gasteiger charge is 2.28. The summed E-state index contributed by atoms with van der Waals surface area (Å²) in [5.41, 5.74) is 2.00. The van der Waals surface area contributed by atoms with Gasteiger partial charge in [0.2, 0.25) is 10.0 Å². The van der Waals surface area contributed by atoms with Crippen molar-refractivity contribution in [3.8, 4) is 0 Å². The molecule has 1 aliphatic heterocycles. The monoisotopic (exact) mass is 332 g/mol. The predicted octanol–water partition coefficient (Wildman–Crippen LogP) is 2.23. The first kappa shape index (κ1) is 18.4. The van der Waals surface area contributed by atoms with E-state index in [1.165, 1.54) is 0 Å². The number of rotatable bonds is 5. The van der Waals surface area contributed by atoms with Crippen LogP contribution in [0.25, 0.3) is 0 Å². The van der Waals surface area contributed by atoms with Gasteiger partial charge in [0.05, 0.1) is 5.75 Å². The molecule has 0 spiro atoms. The molecule has 120 valence electrons. The van der Waals surface area contributed by atoms with Crippen LogP contribution in [0.2, 0.25) is 0 Å². The van der Waals surface area contributed by atoms with E-state index in [0.717, 1.165) is 37.1 Å². The van der Waals surface area contributed by atoms with Gasteiger partial charge in [-0.2, -0.15) is 0 Å². The smallest absolute Gasteiger partial charge is 0.215 e. The number of benzene rings is 1. The van der Waals surface area contributed by atoms with E-state index in [9.17, 15) is 8.42 Å². The number of halogens is 1. The molecule has 1 heterocycles. The van der Waals surface area contributed by atoms with Crippen molar-refractivity contribution in [1.82, 2.24) is 10.0 Å². The third kappa shape index (κ3) is 5.94. The topological polar surface area (TPSA) is 58.2 Å². The van der Waals surface area contributed by atoms with Gasteiger partial charge in [0.25, 0.3) is 0 Å². The van der Waals surface area contributed by atoms with Crippen molar-refractivity contribution in [2.24, 2.45) is 5.41 Å². The van der Waals surface area contributed by atoms with E-state index in [1.54, 1.807) is 0 Å². The lowest BCUT2D eigenvalue weighted by Crippen LogP contribution is -2.43. The minimum absolute atomic E-state index is 0. The Kier molecular flexibility index (Phi) is 6.66. The molecule has 0 aromatic heterocycles. The summed E-state index contributed by atoms with van der Waals surface area (Å²) in [7, 11) is -3.26. The van der Waals surface area contributed by atoms with Gasteiger partial charge >= 0.3 is 0 Å². The molecule has 0 unspecified atom stereocenters. The second kappa shape index (κ2) is 7.58. The van der Waals surface area contributed by atoms with Crippen LogP contribution in [0.3, 0.4) is 0 Å². The second-order valence-electron chi connectivity index (χ2n) is 6.13. The molecule has 21 heavy (non-hydrogen) atoms. The molecule has 0 atom stereocenters. The Hall–Kier alpha value is -0.620. The van der Waals surface area contributed by atoms with E-state index in [2.05, 4.69) is 17.0 Å². The van der Waals surface area contributed by atoms with Crippen LogP contribution in [-0.4, -0.2) is 28.1 Å². The van der Waals surface area contributed by atoms with Crippen molar-refractivity contribution >= 4 is 22.4 Å². The SMILES string of the molecule is Cc1cccc(CS(=O)(=O)NCC2(C)CCNCC2)c1.Cl. The Morgan fingerprint density at radius 2 is 1.95 bits per heavy atom. The van der Waals surface area contributed by atoms with Crippen LogP contribution < -0.4 is 10.0 Å². The number of sulfonamides is 1. The molecule has 2 N–H and O–H groups in total. The number of nitrogens with one attached hydrogen (secondary N) is 2. The number of aryl methyl sites for hydroxylation is 1. The third-order valence-electron chi connectivity index (χ3n) is 3.97. The quantitative estimate of drug-likeness (QED) is 0.869. The minimum atomic E-state index is -3.26. The van der Waals surface area contributed by atoms with Gasteiger partial charge in [-0.25, -0.2) is 13.1 Å². The lowest BCUT2D eigenvalue weighted by molar-refractivity contribution is 0.232. The fourth-order valence-electron chi connectivity index (χ4n) is 2.56. The Bertz CT molecular complexity index is 555. The normalized spacial score (nSPS) is 18.0. The van der Waals surface area contributed by atoms with E-state index < -0.39 is 10.0 Å². The summed E-state index contributed by atoms with van der Waals surface area (Å²) in [5, 5.41) is 3.31. The lowest BCUT2D eigenvalue weighted by Gasteiger charge is -2.34. The van der Waals surface area contributed by atoms with Gasteiger partial charge in [-0.3, -0.25) is 0 Å². The van der Waals surface area contributed by atoms with E-state index in [4.69, 9.17) is 0 Å². The average Bonchev–Trinajstić information content (AvgIpc) is 2.37. The Balaban J connectivity index is 0.00000220. The fraction of sp³-hybridized carbons (Fsp3) is 0.600. The van der Waals surface area contributed by atoms with E-state index in [1.807, 2.05) is 31.2 Å². The molecule has 0 amide bonds. The Morgan fingerprint density at radius 1 is 1.29 bits per heavy atom. The van der Waals surface area contributed by atoms with Gasteiger partial charge in [-0.05, 0) is 43.8 Å². The number of hydrogen-bond acceptors (Lipinski definition) is 3. The van der Waals surface area contributed by atoms with Gasteiger partial charge in [-0.15, -0.1) is 12.4 Å². The zero-order valence-electron chi connectivity index (χ0n) is 12.7. The van der Waals surface area contributed by atoms with Crippen molar-refractivity contribution in [2.75, 3.05) is 19.6 Å². The molecule has 1 fully saturated rings. The van der Waals surface area contributed by atoms with E-state index in [0.29, 0.717) is 6.54 Å². The van der Waals surface area contributed by atoms with Crippen LogP contribution in [0.1, 0.15) is 30.9 Å². The summed E-state index contributed by atoms with van der Waals surface area (Å²) in [4.78, 5) is 0. The summed E-state index contributed by atoms with van der Waals surface area (Å²) in [6, 6.07) is 7.65. The average molecular weight is 333 g/mol.